The third kappa shape index (κ3) is 7.46. The molecule has 0 bridgehead atoms. The summed E-state index contributed by atoms with van der Waals surface area (Å²) in [5.41, 5.74) is 1.20. The number of benzene rings is 1. The van der Waals surface area contributed by atoms with Gasteiger partial charge in [-0.15, -0.1) is 0 Å². The third-order valence-electron chi connectivity index (χ3n) is 3.45. The Hall–Kier alpha value is -1.10. The largest absolute Gasteiger partial charge is 0.491 e. The summed E-state index contributed by atoms with van der Waals surface area (Å²) in [6.45, 7) is 8.24. The van der Waals surface area contributed by atoms with Gasteiger partial charge in [0.2, 0.25) is 0 Å². The van der Waals surface area contributed by atoms with Crippen molar-refractivity contribution in [1.82, 2.24) is 10.2 Å². The van der Waals surface area contributed by atoms with Crippen LogP contribution in [-0.4, -0.2) is 55.9 Å². The fourth-order valence-corrected chi connectivity index (χ4v) is 2.08. The Morgan fingerprint density at radius 3 is 2.33 bits per heavy atom. The summed E-state index contributed by atoms with van der Waals surface area (Å²) >= 11 is 0. The van der Waals surface area contributed by atoms with E-state index >= 15 is 0 Å². The zero-order valence-electron chi connectivity index (χ0n) is 14.0. The summed E-state index contributed by atoms with van der Waals surface area (Å²) in [7, 11) is 4.13. The van der Waals surface area contributed by atoms with Crippen molar-refractivity contribution in [2.45, 2.75) is 32.9 Å². The van der Waals surface area contributed by atoms with Crippen LogP contribution in [0.3, 0.4) is 0 Å². The zero-order valence-corrected chi connectivity index (χ0v) is 14.0. The van der Waals surface area contributed by atoms with E-state index in [2.05, 4.69) is 38.2 Å². The van der Waals surface area contributed by atoms with Gasteiger partial charge in [-0.1, -0.05) is 31.5 Å². The molecular formula is C17H30N2O2. The van der Waals surface area contributed by atoms with Gasteiger partial charge in [0.15, 0.2) is 0 Å². The van der Waals surface area contributed by atoms with Crippen LogP contribution in [0.25, 0.3) is 0 Å². The molecule has 4 heteroatoms. The lowest BCUT2D eigenvalue weighted by Gasteiger charge is -2.26. The van der Waals surface area contributed by atoms with E-state index in [1.165, 1.54) is 5.56 Å². The number of rotatable bonds is 9. The first-order valence-electron chi connectivity index (χ1n) is 7.64. The molecule has 0 spiro atoms. The summed E-state index contributed by atoms with van der Waals surface area (Å²) < 4.78 is 5.60. The first kappa shape index (κ1) is 18.0. The van der Waals surface area contributed by atoms with Gasteiger partial charge < -0.3 is 20.1 Å². The number of hydrogen-bond donors (Lipinski definition) is 2. The molecule has 0 fully saturated rings. The molecule has 21 heavy (non-hydrogen) atoms. The molecule has 1 aromatic rings. The van der Waals surface area contributed by atoms with Crippen molar-refractivity contribution in [3.8, 4) is 5.75 Å². The molecule has 120 valence electrons. The Kier molecular flexibility index (Phi) is 7.72. The van der Waals surface area contributed by atoms with Gasteiger partial charge in [-0.2, -0.15) is 0 Å². The molecular weight excluding hydrogens is 264 g/mol. The van der Waals surface area contributed by atoms with Crippen molar-refractivity contribution >= 4 is 0 Å². The second-order valence-electron chi connectivity index (χ2n) is 6.30. The van der Waals surface area contributed by atoms with E-state index in [4.69, 9.17) is 4.74 Å². The van der Waals surface area contributed by atoms with Gasteiger partial charge in [0.25, 0.3) is 0 Å². The smallest absolute Gasteiger partial charge is 0.119 e. The Bertz CT molecular complexity index is 390. The normalized spacial score (nSPS) is 14.5. The highest BCUT2D eigenvalue weighted by atomic mass is 16.5. The lowest BCUT2D eigenvalue weighted by Crippen LogP contribution is -2.45. The molecule has 1 rings (SSSR count). The predicted molar refractivity (Wildman–Crippen MR) is 87.9 cm³/mol. The highest BCUT2D eigenvalue weighted by Gasteiger charge is 2.15. The molecule has 0 amide bonds. The van der Waals surface area contributed by atoms with Crippen molar-refractivity contribution in [2.24, 2.45) is 5.92 Å². The molecule has 2 N–H and O–H groups in total. The maximum atomic E-state index is 10.0. The second kappa shape index (κ2) is 9.03. The highest BCUT2D eigenvalue weighted by Crippen LogP contribution is 2.11. The van der Waals surface area contributed by atoms with Crippen LogP contribution in [-0.2, 0) is 0 Å². The van der Waals surface area contributed by atoms with E-state index in [0.29, 0.717) is 25.1 Å². The fraction of sp³-hybridized carbons (Fsp3) is 0.647. The van der Waals surface area contributed by atoms with Crippen LogP contribution < -0.4 is 10.1 Å². The van der Waals surface area contributed by atoms with E-state index in [0.717, 1.165) is 12.3 Å². The molecule has 4 nitrogen and oxygen atoms in total. The fourth-order valence-electron chi connectivity index (χ4n) is 2.08. The molecule has 0 aliphatic carbocycles. The van der Waals surface area contributed by atoms with Gasteiger partial charge in [0.05, 0.1) is 0 Å². The van der Waals surface area contributed by atoms with Crippen LogP contribution in [0.2, 0.25) is 0 Å². The molecule has 0 aromatic heterocycles. The van der Waals surface area contributed by atoms with Gasteiger partial charge in [0.1, 0.15) is 18.5 Å². The molecule has 0 aliphatic heterocycles. The molecule has 0 saturated carbocycles. The maximum absolute atomic E-state index is 10.0. The van der Waals surface area contributed by atoms with Gasteiger partial charge in [-0.3, -0.25) is 0 Å². The topological polar surface area (TPSA) is 44.7 Å². The number of aliphatic hydroxyl groups is 1. The van der Waals surface area contributed by atoms with Gasteiger partial charge in [0, 0.05) is 19.1 Å². The SMILES string of the molecule is Cc1ccc(OCC(O)CNC(CN(C)C)C(C)C)cc1. The van der Waals surface area contributed by atoms with Crippen LogP contribution >= 0.6 is 0 Å². The van der Waals surface area contributed by atoms with E-state index in [1.54, 1.807) is 0 Å². The molecule has 0 radical (unpaired) electrons. The Balaban J connectivity index is 2.32. The molecule has 2 unspecified atom stereocenters. The maximum Gasteiger partial charge on any atom is 0.119 e. The van der Waals surface area contributed by atoms with Crippen LogP contribution in [0.1, 0.15) is 19.4 Å². The van der Waals surface area contributed by atoms with E-state index in [1.807, 2.05) is 31.2 Å². The molecule has 2 atom stereocenters. The Morgan fingerprint density at radius 1 is 1.19 bits per heavy atom. The molecule has 0 saturated heterocycles. The van der Waals surface area contributed by atoms with Crippen molar-refractivity contribution in [2.75, 3.05) is 33.8 Å². The van der Waals surface area contributed by atoms with E-state index in [9.17, 15) is 5.11 Å². The van der Waals surface area contributed by atoms with Gasteiger partial charge >= 0.3 is 0 Å². The van der Waals surface area contributed by atoms with E-state index in [-0.39, 0.29) is 0 Å². The summed E-state index contributed by atoms with van der Waals surface area (Å²) in [5.74, 6) is 1.32. The number of nitrogens with zero attached hydrogens (tertiary/aromatic N) is 1. The Labute approximate surface area is 129 Å². The average molecular weight is 294 g/mol. The monoisotopic (exact) mass is 294 g/mol. The van der Waals surface area contributed by atoms with Gasteiger partial charge in [-0.25, -0.2) is 0 Å². The minimum Gasteiger partial charge on any atom is -0.491 e. The number of ether oxygens (including phenoxy) is 1. The van der Waals surface area contributed by atoms with Crippen LogP contribution in [0.15, 0.2) is 24.3 Å². The molecule has 0 heterocycles. The minimum absolute atomic E-state index is 0.308. The summed E-state index contributed by atoms with van der Waals surface area (Å²) in [4.78, 5) is 2.16. The highest BCUT2D eigenvalue weighted by molar-refractivity contribution is 5.26. The van der Waals surface area contributed by atoms with Crippen molar-refractivity contribution in [1.29, 1.82) is 0 Å². The number of aliphatic hydroxyl groups excluding tert-OH is 1. The lowest BCUT2D eigenvalue weighted by molar-refractivity contribution is 0.0996. The van der Waals surface area contributed by atoms with Crippen molar-refractivity contribution in [3.63, 3.8) is 0 Å². The first-order chi connectivity index (χ1) is 9.88. The number of hydrogen-bond acceptors (Lipinski definition) is 4. The summed E-state index contributed by atoms with van der Waals surface area (Å²) in [6, 6.07) is 8.24. The molecule has 1 aromatic carbocycles. The van der Waals surface area contributed by atoms with E-state index < -0.39 is 6.10 Å². The number of aryl methyl sites for hydroxylation is 1. The minimum atomic E-state index is -0.505. The zero-order chi connectivity index (χ0) is 15.8. The van der Waals surface area contributed by atoms with Gasteiger partial charge in [-0.05, 0) is 39.1 Å². The lowest BCUT2D eigenvalue weighted by atomic mass is 10.0. The predicted octanol–water partition coefficient (Wildman–Crippen LogP) is 1.91. The number of nitrogens with one attached hydrogen (secondary N) is 1. The Morgan fingerprint density at radius 2 is 1.81 bits per heavy atom. The summed E-state index contributed by atoms with van der Waals surface area (Å²) in [5, 5.41) is 13.5. The third-order valence-corrected chi connectivity index (χ3v) is 3.45. The number of likely N-dealkylation sites (N-methyl/N-ethyl adjacent to an activating group) is 1. The van der Waals surface area contributed by atoms with Crippen LogP contribution in [0, 0.1) is 12.8 Å². The molecule has 0 aliphatic rings. The standard InChI is InChI=1S/C17H30N2O2/c1-13(2)17(11-19(4)5)18-10-15(20)12-21-16-8-6-14(3)7-9-16/h6-9,13,15,17-18,20H,10-12H2,1-5H3. The van der Waals surface area contributed by atoms with Crippen LogP contribution in [0.4, 0.5) is 0 Å². The second-order valence-corrected chi connectivity index (χ2v) is 6.30. The quantitative estimate of drug-likeness (QED) is 0.730. The van der Waals surface area contributed by atoms with Crippen molar-refractivity contribution in [3.05, 3.63) is 29.8 Å². The first-order valence-corrected chi connectivity index (χ1v) is 7.64. The van der Waals surface area contributed by atoms with Crippen molar-refractivity contribution < 1.29 is 9.84 Å². The average Bonchev–Trinajstić information content (AvgIpc) is 2.42. The summed E-state index contributed by atoms with van der Waals surface area (Å²) in [6.07, 6.45) is -0.505. The van der Waals surface area contributed by atoms with Crippen LogP contribution in [0.5, 0.6) is 5.75 Å².